The lowest BCUT2D eigenvalue weighted by molar-refractivity contribution is 0.622. The summed E-state index contributed by atoms with van der Waals surface area (Å²) in [5.74, 6) is 8.32. The molecule has 0 saturated carbocycles. The Morgan fingerprint density at radius 1 is 1.35 bits per heavy atom. The number of hydrazine groups is 1. The summed E-state index contributed by atoms with van der Waals surface area (Å²) in [4.78, 5) is 8.23. The molecule has 2 rings (SSSR count). The second kappa shape index (κ2) is 5.42. The molecule has 1 aromatic heterocycles. The van der Waals surface area contributed by atoms with E-state index in [0.29, 0.717) is 11.9 Å². The van der Waals surface area contributed by atoms with Crippen LogP contribution in [0.5, 0.6) is 0 Å². The van der Waals surface area contributed by atoms with Crippen LogP contribution in [0.15, 0.2) is 6.33 Å². The highest BCUT2D eigenvalue weighted by Crippen LogP contribution is 2.20. The maximum atomic E-state index is 11.3. The lowest BCUT2D eigenvalue weighted by Gasteiger charge is -2.24. The Labute approximate surface area is 103 Å². The molecule has 6 nitrogen and oxygen atoms in total. The monoisotopic (exact) mass is 255 g/mol. The molecule has 17 heavy (non-hydrogen) atoms. The molecule has 0 amide bonds. The molecule has 0 spiro atoms. The van der Waals surface area contributed by atoms with Crippen LogP contribution >= 0.6 is 0 Å². The van der Waals surface area contributed by atoms with Crippen molar-refractivity contribution < 1.29 is 4.21 Å². The number of nitrogens with two attached hydrogens (primary N) is 1. The van der Waals surface area contributed by atoms with Gasteiger partial charge in [0.2, 0.25) is 0 Å². The fraction of sp³-hybridized carbons (Fsp3) is 0.600. The van der Waals surface area contributed by atoms with Gasteiger partial charge in [-0.15, -0.1) is 0 Å². The van der Waals surface area contributed by atoms with Gasteiger partial charge in [-0.1, -0.05) is 0 Å². The highest BCUT2D eigenvalue weighted by Gasteiger charge is 2.19. The Balaban J connectivity index is 2.06. The van der Waals surface area contributed by atoms with Gasteiger partial charge in [-0.25, -0.2) is 15.8 Å². The van der Waals surface area contributed by atoms with Gasteiger partial charge in [0.1, 0.15) is 18.0 Å². The highest BCUT2D eigenvalue weighted by molar-refractivity contribution is 7.85. The minimum Gasteiger partial charge on any atom is -0.367 e. The first-order valence-corrected chi connectivity index (χ1v) is 7.09. The van der Waals surface area contributed by atoms with Crippen molar-refractivity contribution in [3.8, 4) is 0 Å². The topological polar surface area (TPSA) is 92.9 Å². The summed E-state index contributed by atoms with van der Waals surface area (Å²) in [6.45, 7) is 1.92. The van der Waals surface area contributed by atoms with Crippen molar-refractivity contribution in [2.24, 2.45) is 5.84 Å². The lowest BCUT2D eigenvalue weighted by Crippen LogP contribution is -2.30. The van der Waals surface area contributed by atoms with Crippen LogP contribution in [0, 0.1) is 6.92 Å². The summed E-state index contributed by atoms with van der Waals surface area (Å²) in [5, 5.41) is 3.36. The molecule has 0 radical (unpaired) electrons. The SMILES string of the molecule is Cc1c(NN)ncnc1NC1CCS(=O)CC1. The largest absolute Gasteiger partial charge is 0.367 e. The van der Waals surface area contributed by atoms with Crippen LogP contribution < -0.4 is 16.6 Å². The van der Waals surface area contributed by atoms with E-state index in [0.717, 1.165) is 35.7 Å². The average Bonchev–Trinajstić information content (AvgIpc) is 2.35. The van der Waals surface area contributed by atoms with Crippen LogP contribution in [0.4, 0.5) is 11.6 Å². The van der Waals surface area contributed by atoms with E-state index in [1.807, 2.05) is 6.92 Å². The van der Waals surface area contributed by atoms with E-state index in [1.165, 1.54) is 6.33 Å². The molecule has 4 N–H and O–H groups in total. The normalized spacial score (nSPS) is 24.4. The van der Waals surface area contributed by atoms with Crippen LogP contribution in [0.2, 0.25) is 0 Å². The Morgan fingerprint density at radius 2 is 2.00 bits per heavy atom. The maximum Gasteiger partial charge on any atom is 0.148 e. The summed E-state index contributed by atoms with van der Waals surface area (Å²) < 4.78 is 11.3. The number of nitrogen functional groups attached to an aromatic ring is 1. The van der Waals surface area contributed by atoms with Crippen molar-refractivity contribution >= 4 is 22.4 Å². The van der Waals surface area contributed by atoms with Crippen molar-refractivity contribution in [1.29, 1.82) is 0 Å². The smallest absolute Gasteiger partial charge is 0.148 e. The molecule has 1 fully saturated rings. The zero-order valence-corrected chi connectivity index (χ0v) is 10.6. The molecule has 0 unspecified atom stereocenters. The van der Waals surface area contributed by atoms with Gasteiger partial charge >= 0.3 is 0 Å². The van der Waals surface area contributed by atoms with Gasteiger partial charge in [0.15, 0.2) is 0 Å². The highest BCUT2D eigenvalue weighted by atomic mass is 32.2. The van der Waals surface area contributed by atoms with Gasteiger partial charge in [0, 0.05) is 33.9 Å². The molecule has 1 aliphatic heterocycles. The van der Waals surface area contributed by atoms with E-state index in [2.05, 4.69) is 20.7 Å². The van der Waals surface area contributed by atoms with E-state index < -0.39 is 10.8 Å². The zero-order chi connectivity index (χ0) is 12.3. The van der Waals surface area contributed by atoms with Gasteiger partial charge in [-0.2, -0.15) is 0 Å². The number of hydrogen-bond acceptors (Lipinski definition) is 6. The molecular formula is C10H17N5OS. The number of nitrogens with zero attached hydrogens (tertiary/aromatic N) is 2. The molecule has 2 heterocycles. The van der Waals surface area contributed by atoms with Gasteiger partial charge in [-0.05, 0) is 19.8 Å². The summed E-state index contributed by atoms with van der Waals surface area (Å²) in [5.41, 5.74) is 3.44. The van der Waals surface area contributed by atoms with Gasteiger partial charge in [-0.3, -0.25) is 4.21 Å². The fourth-order valence-electron chi connectivity index (χ4n) is 1.87. The van der Waals surface area contributed by atoms with Crippen LogP contribution in [0.25, 0.3) is 0 Å². The Kier molecular flexibility index (Phi) is 3.90. The standard InChI is InChI=1S/C10H17N5OS/c1-7-9(12-6-13-10(7)15-11)14-8-2-4-17(16)5-3-8/h6,8H,2-5,11H2,1H3,(H2,12,13,14,15). The number of rotatable bonds is 3. The minimum atomic E-state index is -0.635. The molecule has 0 bridgehead atoms. The van der Waals surface area contributed by atoms with E-state index in [-0.39, 0.29) is 0 Å². The number of aromatic nitrogens is 2. The first kappa shape index (κ1) is 12.3. The molecule has 0 aliphatic carbocycles. The van der Waals surface area contributed by atoms with Gasteiger partial charge in [0.25, 0.3) is 0 Å². The zero-order valence-electron chi connectivity index (χ0n) is 9.77. The number of hydrogen-bond donors (Lipinski definition) is 3. The third-order valence-electron chi connectivity index (χ3n) is 2.95. The van der Waals surface area contributed by atoms with Crippen LogP contribution in [0.3, 0.4) is 0 Å². The van der Waals surface area contributed by atoms with Gasteiger partial charge < -0.3 is 10.7 Å². The van der Waals surface area contributed by atoms with E-state index >= 15 is 0 Å². The molecule has 1 saturated heterocycles. The summed E-state index contributed by atoms with van der Waals surface area (Å²) in [7, 11) is -0.635. The fourth-order valence-corrected chi connectivity index (χ4v) is 3.17. The molecular weight excluding hydrogens is 238 g/mol. The molecule has 94 valence electrons. The third kappa shape index (κ3) is 2.92. The molecule has 1 aromatic rings. The lowest BCUT2D eigenvalue weighted by atomic mass is 10.1. The van der Waals surface area contributed by atoms with E-state index in [9.17, 15) is 4.21 Å². The first-order chi connectivity index (χ1) is 8.20. The molecule has 7 heteroatoms. The predicted molar refractivity (Wildman–Crippen MR) is 69.1 cm³/mol. The second-order valence-corrected chi connectivity index (χ2v) is 5.80. The second-order valence-electron chi connectivity index (χ2n) is 4.11. The predicted octanol–water partition coefficient (Wildman–Crippen LogP) is 0.394. The van der Waals surface area contributed by atoms with Crippen LogP contribution in [-0.2, 0) is 10.8 Å². The van der Waals surface area contributed by atoms with Crippen molar-refractivity contribution in [2.45, 2.75) is 25.8 Å². The van der Waals surface area contributed by atoms with Gasteiger partial charge in [0.05, 0.1) is 0 Å². The van der Waals surface area contributed by atoms with Crippen LogP contribution in [-0.4, -0.2) is 31.7 Å². The number of nitrogens with one attached hydrogen (secondary N) is 2. The average molecular weight is 255 g/mol. The summed E-state index contributed by atoms with van der Waals surface area (Å²) in [6, 6.07) is 0.340. The molecule has 0 aromatic carbocycles. The number of anilines is 2. The third-order valence-corrected chi connectivity index (χ3v) is 4.33. The van der Waals surface area contributed by atoms with Crippen molar-refractivity contribution in [1.82, 2.24) is 9.97 Å². The van der Waals surface area contributed by atoms with Crippen molar-refractivity contribution in [3.63, 3.8) is 0 Å². The minimum absolute atomic E-state index is 0.340. The molecule has 0 atom stereocenters. The van der Waals surface area contributed by atoms with Crippen molar-refractivity contribution in [2.75, 3.05) is 22.2 Å². The quantitative estimate of drug-likeness (QED) is 0.534. The Bertz CT molecular complexity index is 415. The summed E-state index contributed by atoms with van der Waals surface area (Å²) >= 11 is 0. The molecule has 1 aliphatic rings. The maximum absolute atomic E-state index is 11.3. The Morgan fingerprint density at radius 3 is 2.65 bits per heavy atom. The van der Waals surface area contributed by atoms with E-state index in [4.69, 9.17) is 5.84 Å². The van der Waals surface area contributed by atoms with Crippen LogP contribution in [0.1, 0.15) is 18.4 Å². The summed E-state index contributed by atoms with van der Waals surface area (Å²) in [6.07, 6.45) is 3.31. The first-order valence-electron chi connectivity index (χ1n) is 5.60. The Hall–Kier alpha value is -1.21. The van der Waals surface area contributed by atoms with Crippen molar-refractivity contribution in [3.05, 3.63) is 11.9 Å². The van der Waals surface area contributed by atoms with E-state index in [1.54, 1.807) is 0 Å².